The standard InChI is InChI=1S/C24H23ClN4O2/c1-29-21-9-4-3-8-19(21)27-23(29)13-10-16-6-5-7-18(14-16)26-24(30)28-20-15-17(25)11-12-22(20)31-2/h3-9,11-12,14-15H,10,13H2,1-2H3,(H2,26,28,30). The number of rotatable bonds is 6. The average Bonchev–Trinajstić information content (AvgIpc) is 3.08. The molecular formula is C24H23ClN4O2. The zero-order chi connectivity index (χ0) is 21.8. The largest absolute Gasteiger partial charge is 0.495 e. The fraction of sp³-hybridized carbons (Fsp3) is 0.167. The first kappa shape index (κ1) is 20.8. The summed E-state index contributed by atoms with van der Waals surface area (Å²) in [7, 11) is 3.58. The first-order valence-corrected chi connectivity index (χ1v) is 10.3. The van der Waals surface area contributed by atoms with Gasteiger partial charge in [0.05, 0.1) is 23.8 Å². The van der Waals surface area contributed by atoms with E-state index in [1.54, 1.807) is 25.3 Å². The van der Waals surface area contributed by atoms with Gasteiger partial charge < -0.3 is 19.9 Å². The molecule has 0 bridgehead atoms. The minimum absolute atomic E-state index is 0.368. The van der Waals surface area contributed by atoms with Gasteiger partial charge in [-0.2, -0.15) is 0 Å². The number of amides is 2. The Morgan fingerprint density at radius 1 is 1.03 bits per heavy atom. The van der Waals surface area contributed by atoms with Crippen molar-refractivity contribution < 1.29 is 9.53 Å². The first-order chi connectivity index (χ1) is 15.0. The van der Waals surface area contributed by atoms with Gasteiger partial charge in [0, 0.05) is 24.2 Å². The minimum Gasteiger partial charge on any atom is -0.495 e. The molecule has 4 aromatic rings. The molecule has 0 aliphatic heterocycles. The van der Waals surface area contributed by atoms with E-state index in [9.17, 15) is 4.79 Å². The number of nitrogens with zero attached hydrogens (tertiary/aromatic N) is 2. The van der Waals surface area contributed by atoms with Gasteiger partial charge in [0.1, 0.15) is 11.6 Å². The number of carbonyl (C=O) groups is 1. The molecule has 158 valence electrons. The first-order valence-electron chi connectivity index (χ1n) is 9.94. The second-order valence-corrected chi connectivity index (χ2v) is 7.64. The van der Waals surface area contributed by atoms with E-state index in [1.807, 2.05) is 49.5 Å². The molecule has 0 saturated heterocycles. The Bertz CT molecular complexity index is 1240. The average molecular weight is 435 g/mol. The maximum atomic E-state index is 12.5. The molecule has 1 heterocycles. The lowest BCUT2D eigenvalue weighted by Crippen LogP contribution is -2.20. The van der Waals surface area contributed by atoms with Crippen LogP contribution in [0.2, 0.25) is 5.02 Å². The van der Waals surface area contributed by atoms with Gasteiger partial charge in [0.2, 0.25) is 0 Å². The second kappa shape index (κ2) is 9.10. The number of anilines is 2. The molecule has 2 N–H and O–H groups in total. The Kier molecular flexibility index (Phi) is 6.09. The fourth-order valence-corrected chi connectivity index (χ4v) is 3.71. The summed E-state index contributed by atoms with van der Waals surface area (Å²) < 4.78 is 7.40. The van der Waals surface area contributed by atoms with Crippen LogP contribution in [0.25, 0.3) is 11.0 Å². The van der Waals surface area contributed by atoms with Crippen molar-refractivity contribution in [2.75, 3.05) is 17.7 Å². The van der Waals surface area contributed by atoms with Gasteiger partial charge in [-0.05, 0) is 54.4 Å². The molecule has 0 fully saturated rings. The molecule has 0 atom stereocenters. The zero-order valence-electron chi connectivity index (χ0n) is 17.4. The van der Waals surface area contributed by atoms with Crippen molar-refractivity contribution in [1.82, 2.24) is 9.55 Å². The van der Waals surface area contributed by atoms with E-state index in [4.69, 9.17) is 21.3 Å². The summed E-state index contributed by atoms with van der Waals surface area (Å²) in [5.41, 5.74) is 4.46. The van der Waals surface area contributed by atoms with E-state index in [0.29, 0.717) is 22.1 Å². The van der Waals surface area contributed by atoms with Crippen LogP contribution >= 0.6 is 11.6 Å². The molecule has 2 amide bonds. The van der Waals surface area contributed by atoms with Crippen molar-refractivity contribution in [2.45, 2.75) is 12.8 Å². The Morgan fingerprint density at radius 2 is 1.87 bits per heavy atom. The van der Waals surface area contributed by atoms with Crippen molar-refractivity contribution >= 4 is 40.0 Å². The number of fused-ring (bicyclic) bond motifs is 1. The number of carbonyl (C=O) groups excluding carboxylic acids is 1. The summed E-state index contributed by atoms with van der Waals surface area (Å²) in [5, 5.41) is 6.15. The molecule has 4 rings (SSSR count). The predicted molar refractivity (Wildman–Crippen MR) is 125 cm³/mol. The van der Waals surface area contributed by atoms with Crippen LogP contribution in [-0.4, -0.2) is 22.7 Å². The van der Waals surface area contributed by atoms with Crippen molar-refractivity contribution in [1.29, 1.82) is 0 Å². The van der Waals surface area contributed by atoms with Gasteiger partial charge in [-0.1, -0.05) is 35.9 Å². The van der Waals surface area contributed by atoms with Crippen LogP contribution < -0.4 is 15.4 Å². The monoisotopic (exact) mass is 434 g/mol. The van der Waals surface area contributed by atoms with Crippen molar-refractivity contribution in [3.8, 4) is 5.75 Å². The highest BCUT2D eigenvalue weighted by Gasteiger charge is 2.10. The van der Waals surface area contributed by atoms with Crippen LogP contribution in [0, 0.1) is 0 Å². The maximum absolute atomic E-state index is 12.5. The van der Waals surface area contributed by atoms with E-state index >= 15 is 0 Å². The zero-order valence-corrected chi connectivity index (χ0v) is 18.1. The highest BCUT2D eigenvalue weighted by Crippen LogP contribution is 2.28. The van der Waals surface area contributed by atoms with E-state index in [0.717, 1.165) is 35.3 Å². The SMILES string of the molecule is COc1ccc(Cl)cc1NC(=O)Nc1cccc(CCc2nc3ccccc3n2C)c1. The third-order valence-corrected chi connectivity index (χ3v) is 5.35. The second-order valence-electron chi connectivity index (χ2n) is 7.20. The number of benzene rings is 3. The molecule has 0 radical (unpaired) electrons. The summed E-state index contributed by atoms with van der Waals surface area (Å²) in [5.74, 6) is 1.57. The molecule has 7 heteroatoms. The molecule has 6 nitrogen and oxygen atoms in total. The number of imidazole rings is 1. The summed E-state index contributed by atoms with van der Waals surface area (Å²) in [4.78, 5) is 17.2. The smallest absolute Gasteiger partial charge is 0.323 e. The lowest BCUT2D eigenvalue weighted by Gasteiger charge is -2.12. The molecule has 31 heavy (non-hydrogen) atoms. The molecule has 1 aromatic heterocycles. The normalized spacial score (nSPS) is 10.8. The number of hydrogen-bond donors (Lipinski definition) is 2. The fourth-order valence-electron chi connectivity index (χ4n) is 3.54. The maximum Gasteiger partial charge on any atom is 0.323 e. The third-order valence-electron chi connectivity index (χ3n) is 5.11. The minimum atomic E-state index is -0.368. The topological polar surface area (TPSA) is 68.2 Å². The van der Waals surface area contributed by atoms with Crippen LogP contribution in [0.1, 0.15) is 11.4 Å². The van der Waals surface area contributed by atoms with E-state index in [2.05, 4.69) is 21.3 Å². The number of nitrogens with one attached hydrogen (secondary N) is 2. The van der Waals surface area contributed by atoms with Crippen molar-refractivity contribution in [3.63, 3.8) is 0 Å². The molecule has 0 saturated carbocycles. The quantitative estimate of drug-likeness (QED) is 0.411. The number of para-hydroxylation sites is 2. The van der Waals surface area contributed by atoms with Crippen LogP contribution in [-0.2, 0) is 19.9 Å². The Morgan fingerprint density at radius 3 is 2.68 bits per heavy atom. The number of ether oxygens (including phenoxy) is 1. The Balaban J connectivity index is 1.41. The van der Waals surface area contributed by atoms with E-state index < -0.39 is 0 Å². The van der Waals surface area contributed by atoms with Gasteiger partial charge in [-0.25, -0.2) is 9.78 Å². The Hall–Kier alpha value is -3.51. The lowest BCUT2D eigenvalue weighted by molar-refractivity contribution is 0.262. The summed E-state index contributed by atoms with van der Waals surface area (Å²) in [6.07, 6.45) is 1.62. The summed E-state index contributed by atoms with van der Waals surface area (Å²) in [6, 6.07) is 20.6. The van der Waals surface area contributed by atoms with Gasteiger partial charge in [0.25, 0.3) is 0 Å². The van der Waals surface area contributed by atoms with Crippen LogP contribution in [0.3, 0.4) is 0 Å². The number of hydrogen-bond acceptors (Lipinski definition) is 3. The Labute approximate surface area is 185 Å². The number of aryl methyl sites for hydroxylation is 3. The van der Waals surface area contributed by atoms with Crippen molar-refractivity contribution in [3.05, 3.63) is 83.1 Å². The molecule has 0 aliphatic rings. The third kappa shape index (κ3) is 4.81. The molecule has 0 spiro atoms. The van der Waals surface area contributed by atoms with Crippen LogP contribution in [0.5, 0.6) is 5.75 Å². The molecule has 0 unspecified atom stereocenters. The highest BCUT2D eigenvalue weighted by molar-refractivity contribution is 6.31. The van der Waals surface area contributed by atoms with E-state index in [1.165, 1.54) is 0 Å². The summed E-state index contributed by atoms with van der Waals surface area (Å²) >= 11 is 6.03. The summed E-state index contributed by atoms with van der Waals surface area (Å²) in [6.45, 7) is 0. The van der Waals surface area contributed by atoms with E-state index in [-0.39, 0.29) is 6.03 Å². The van der Waals surface area contributed by atoms with Gasteiger partial charge in [-0.15, -0.1) is 0 Å². The van der Waals surface area contributed by atoms with Gasteiger partial charge in [-0.3, -0.25) is 0 Å². The number of halogens is 1. The predicted octanol–water partition coefficient (Wildman–Crippen LogP) is 5.66. The molecule has 0 aliphatic carbocycles. The number of urea groups is 1. The van der Waals surface area contributed by atoms with Crippen LogP contribution in [0.4, 0.5) is 16.2 Å². The number of methoxy groups -OCH3 is 1. The highest BCUT2D eigenvalue weighted by atomic mass is 35.5. The van der Waals surface area contributed by atoms with Crippen LogP contribution in [0.15, 0.2) is 66.7 Å². The number of aromatic nitrogens is 2. The molecule has 3 aromatic carbocycles. The van der Waals surface area contributed by atoms with Crippen molar-refractivity contribution in [2.24, 2.45) is 7.05 Å². The lowest BCUT2D eigenvalue weighted by atomic mass is 10.1. The molecular weight excluding hydrogens is 412 g/mol. The van der Waals surface area contributed by atoms with Gasteiger partial charge >= 0.3 is 6.03 Å². The van der Waals surface area contributed by atoms with Gasteiger partial charge in [0.15, 0.2) is 0 Å².